The van der Waals surface area contributed by atoms with E-state index in [1.165, 1.54) is 12.1 Å². The first kappa shape index (κ1) is 34.0. The predicted molar refractivity (Wildman–Crippen MR) is 161 cm³/mol. The van der Waals surface area contributed by atoms with Crippen molar-refractivity contribution < 1.29 is 29.3 Å². The molecule has 0 saturated heterocycles. The fourth-order valence-corrected chi connectivity index (χ4v) is 3.59. The van der Waals surface area contributed by atoms with Gasteiger partial charge < -0.3 is 20.3 Å². The maximum atomic E-state index is 12.4. The summed E-state index contributed by atoms with van der Waals surface area (Å²) < 4.78 is 5.03. The van der Waals surface area contributed by atoms with Crippen molar-refractivity contribution in [2.45, 2.75) is 65.2 Å². The maximum Gasteiger partial charge on any atom is 0.411 e. The minimum absolute atomic E-state index is 0.0351. The van der Waals surface area contributed by atoms with E-state index in [1.54, 1.807) is 0 Å². The van der Waals surface area contributed by atoms with Gasteiger partial charge in [0.15, 0.2) is 0 Å². The van der Waals surface area contributed by atoms with Gasteiger partial charge in [0.25, 0.3) is 0 Å². The number of benzene rings is 1. The first-order valence-corrected chi connectivity index (χ1v) is 13.9. The number of carbonyl (C=O) groups is 3. The smallest absolute Gasteiger partial charge is 0.411 e. The summed E-state index contributed by atoms with van der Waals surface area (Å²) in [6.45, 7) is 4.23. The Morgan fingerprint density at radius 3 is 2.00 bits per heavy atom. The molecule has 1 aromatic rings. The van der Waals surface area contributed by atoms with Crippen LogP contribution >= 0.6 is 0 Å². The number of carbonyl (C=O) groups excluding carboxylic acids is 2. The van der Waals surface area contributed by atoms with Gasteiger partial charge in [-0.3, -0.25) is 10.1 Å². The number of hydrogen-bond donors (Lipinski definition) is 4. The van der Waals surface area contributed by atoms with E-state index < -0.39 is 17.8 Å². The molecule has 40 heavy (non-hydrogen) atoms. The third kappa shape index (κ3) is 16.0. The van der Waals surface area contributed by atoms with E-state index in [9.17, 15) is 19.5 Å². The average molecular weight is 553 g/mol. The van der Waals surface area contributed by atoms with Crippen molar-refractivity contribution in [1.82, 2.24) is 5.32 Å². The Kier molecular flexibility index (Phi) is 18.5. The van der Waals surface area contributed by atoms with E-state index in [4.69, 9.17) is 9.84 Å². The van der Waals surface area contributed by atoms with Crippen molar-refractivity contribution in [1.29, 1.82) is 0 Å². The van der Waals surface area contributed by atoms with Crippen molar-refractivity contribution in [2.24, 2.45) is 5.92 Å². The van der Waals surface area contributed by atoms with E-state index in [1.807, 2.05) is 6.92 Å². The minimum atomic E-state index is -1.32. The molecule has 0 spiro atoms. The quantitative estimate of drug-likeness (QED) is 0.0810. The molecule has 8 nitrogen and oxygen atoms in total. The molecule has 4 N–H and O–H groups in total. The lowest BCUT2D eigenvalue weighted by Crippen LogP contribution is -2.33. The minimum Gasteiger partial charge on any atom is -0.507 e. The van der Waals surface area contributed by atoms with E-state index in [-0.39, 0.29) is 36.2 Å². The summed E-state index contributed by atoms with van der Waals surface area (Å²) >= 11 is 0. The molecular formula is C32H44N2O6. The maximum absolute atomic E-state index is 12.4. The summed E-state index contributed by atoms with van der Waals surface area (Å²) in [6.07, 6.45) is 27.8. The van der Waals surface area contributed by atoms with E-state index in [0.717, 1.165) is 51.0 Å². The van der Waals surface area contributed by atoms with Gasteiger partial charge in [-0.25, -0.2) is 9.59 Å². The Hall–Kier alpha value is -4.07. The zero-order valence-corrected chi connectivity index (χ0v) is 23.7. The number of nitrogens with one attached hydrogen (secondary N) is 2. The summed E-state index contributed by atoms with van der Waals surface area (Å²) in [4.78, 5) is 35.4. The highest BCUT2D eigenvalue weighted by molar-refractivity contribution is 5.94. The van der Waals surface area contributed by atoms with Crippen LogP contribution in [0.25, 0.3) is 0 Å². The van der Waals surface area contributed by atoms with Crippen molar-refractivity contribution in [3.05, 3.63) is 84.5 Å². The molecule has 2 amide bonds. The van der Waals surface area contributed by atoms with E-state index in [0.29, 0.717) is 6.42 Å². The zero-order chi connectivity index (χ0) is 29.4. The number of rotatable bonds is 19. The SMILES string of the molecule is CC/C=C\C/C=C\C/C=C\C/C=C\C/C=C\CCC(CC)C(=O)NCCOC(=O)Nc1ccc(O)c(C(=O)O)c1. The van der Waals surface area contributed by atoms with Crippen LogP contribution in [0.15, 0.2) is 79.0 Å². The average Bonchev–Trinajstić information content (AvgIpc) is 2.93. The van der Waals surface area contributed by atoms with Crippen LogP contribution in [0.3, 0.4) is 0 Å². The summed E-state index contributed by atoms with van der Waals surface area (Å²) in [5.41, 5.74) is -0.162. The number of allylic oxidation sites excluding steroid dienone is 10. The number of ether oxygens (including phenoxy) is 1. The number of amides is 2. The van der Waals surface area contributed by atoms with Gasteiger partial charge >= 0.3 is 12.1 Å². The third-order valence-corrected chi connectivity index (χ3v) is 5.81. The van der Waals surface area contributed by atoms with Crippen LogP contribution in [-0.2, 0) is 9.53 Å². The molecular weight excluding hydrogens is 508 g/mol. The fourth-order valence-electron chi connectivity index (χ4n) is 3.59. The molecule has 0 aromatic heterocycles. The highest BCUT2D eigenvalue weighted by Crippen LogP contribution is 2.21. The zero-order valence-electron chi connectivity index (χ0n) is 23.7. The topological polar surface area (TPSA) is 125 Å². The van der Waals surface area contributed by atoms with Gasteiger partial charge in [-0.2, -0.15) is 0 Å². The monoisotopic (exact) mass is 552 g/mol. The van der Waals surface area contributed by atoms with E-state index >= 15 is 0 Å². The number of hydrogen-bond acceptors (Lipinski definition) is 5. The largest absolute Gasteiger partial charge is 0.507 e. The van der Waals surface area contributed by atoms with Crippen LogP contribution in [-0.4, -0.2) is 41.3 Å². The number of carboxylic acid groups (broad SMARTS) is 1. The van der Waals surface area contributed by atoms with Crippen molar-refractivity contribution >= 4 is 23.7 Å². The van der Waals surface area contributed by atoms with Crippen molar-refractivity contribution in [3.63, 3.8) is 0 Å². The molecule has 1 unspecified atom stereocenters. The molecule has 1 rings (SSSR count). The second-order valence-electron chi connectivity index (χ2n) is 8.98. The third-order valence-electron chi connectivity index (χ3n) is 5.81. The van der Waals surface area contributed by atoms with Crippen LogP contribution in [0.4, 0.5) is 10.5 Å². The molecule has 0 heterocycles. The lowest BCUT2D eigenvalue weighted by molar-refractivity contribution is -0.125. The summed E-state index contributed by atoms with van der Waals surface area (Å²) in [7, 11) is 0. The van der Waals surface area contributed by atoms with Gasteiger partial charge in [0.05, 0.1) is 6.54 Å². The molecule has 0 aliphatic carbocycles. The highest BCUT2D eigenvalue weighted by Gasteiger charge is 2.15. The van der Waals surface area contributed by atoms with Gasteiger partial charge in [-0.1, -0.05) is 74.6 Å². The summed E-state index contributed by atoms with van der Waals surface area (Å²) in [5, 5.41) is 23.7. The van der Waals surface area contributed by atoms with Crippen LogP contribution in [0.5, 0.6) is 5.75 Å². The number of aromatic carboxylic acids is 1. The Bertz CT molecular complexity index is 1060. The second-order valence-corrected chi connectivity index (χ2v) is 8.98. The second kappa shape index (κ2) is 21.8. The first-order chi connectivity index (χ1) is 19.4. The molecule has 1 atom stereocenters. The molecule has 218 valence electrons. The predicted octanol–water partition coefficient (Wildman–Crippen LogP) is 7.31. The van der Waals surface area contributed by atoms with E-state index in [2.05, 4.69) is 78.3 Å². The van der Waals surface area contributed by atoms with Crippen molar-refractivity contribution in [2.75, 3.05) is 18.5 Å². The Morgan fingerprint density at radius 1 is 0.875 bits per heavy atom. The lowest BCUT2D eigenvalue weighted by Gasteiger charge is -2.14. The molecule has 1 aromatic carbocycles. The molecule has 0 fully saturated rings. The molecule has 0 aliphatic heterocycles. The molecule has 0 saturated carbocycles. The Balaban J connectivity index is 2.18. The Morgan fingerprint density at radius 2 is 1.45 bits per heavy atom. The van der Waals surface area contributed by atoms with Crippen LogP contribution < -0.4 is 10.6 Å². The number of phenols is 1. The normalized spacial score (nSPS) is 12.7. The molecule has 0 aliphatic rings. The van der Waals surface area contributed by atoms with Crippen LogP contribution in [0.2, 0.25) is 0 Å². The van der Waals surface area contributed by atoms with Crippen molar-refractivity contribution in [3.8, 4) is 5.75 Å². The van der Waals surface area contributed by atoms with Gasteiger partial charge in [-0.05, 0) is 69.6 Å². The number of carboxylic acids is 1. The molecule has 0 bridgehead atoms. The summed E-state index contributed by atoms with van der Waals surface area (Å²) in [5.74, 6) is -1.92. The highest BCUT2D eigenvalue weighted by atomic mass is 16.5. The molecule has 0 radical (unpaired) electrons. The van der Waals surface area contributed by atoms with Gasteiger partial charge in [0.1, 0.15) is 17.9 Å². The van der Waals surface area contributed by atoms with Crippen LogP contribution in [0, 0.1) is 5.92 Å². The van der Waals surface area contributed by atoms with Gasteiger partial charge in [-0.15, -0.1) is 0 Å². The number of anilines is 1. The van der Waals surface area contributed by atoms with Gasteiger partial charge in [0, 0.05) is 11.6 Å². The summed E-state index contributed by atoms with van der Waals surface area (Å²) in [6, 6.07) is 3.65. The molecule has 8 heteroatoms. The first-order valence-electron chi connectivity index (χ1n) is 13.9. The number of aromatic hydroxyl groups is 1. The van der Waals surface area contributed by atoms with Crippen LogP contribution in [0.1, 0.15) is 75.6 Å². The van der Waals surface area contributed by atoms with Gasteiger partial charge in [0.2, 0.25) is 5.91 Å². The fraction of sp³-hybridized carbons (Fsp3) is 0.406. The lowest BCUT2D eigenvalue weighted by atomic mass is 9.99. The standard InChI is InChI=1S/C32H44N2O6/c1-3-5-6-7-8-9-10-11-12-13-14-15-16-17-18-19-20-26(4-2)30(36)33-23-24-40-32(39)34-27-21-22-29(35)28(25-27)31(37)38/h5-6,8-9,11-12,14-15,17-18,21-22,25-26,35H,3-4,7,10,13,16,19-20,23-24H2,1-2H3,(H,33,36)(H,34,39)(H,37,38)/b6-5-,9-8-,12-11-,15-14-,18-17-. The Labute approximate surface area is 238 Å².